The number of carbonyl (C=O) groups excluding carboxylic acids is 1. The van der Waals surface area contributed by atoms with Gasteiger partial charge in [-0.15, -0.1) is 0 Å². The van der Waals surface area contributed by atoms with Crippen LogP contribution in [0.5, 0.6) is 0 Å². The third kappa shape index (κ3) is 2.75. The third-order valence-corrected chi connectivity index (χ3v) is 6.15. The van der Waals surface area contributed by atoms with Gasteiger partial charge < -0.3 is 19.3 Å². The number of hydrogen-bond donors (Lipinski definition) is 1. The first-order valence-electron chi connectivity index (χ1n) is 9.32. The van der Waals surface area contributed by atoms with Crippen LogP contribution in [0.15, 0.2) is 12.2 Å². The number of unbranched alkanes of at least 4 members (excludes halogenated alkanes) is 1. The van der Waals surface area contributed by atoms with E-state index < -0.39 is 23.7 Å². The number of epoxide rings is 1. The zero-order chi connectivity index (χ0) is 17.4. The average molecular weight is 338 g/mol. The van der Waals surface area contributed by atoms with Gasteiger partial charge in [0.15, 0.2) is 5.78 Å². The Morgan fingerprint density at radius 3 is 2.42 bits per heavy atom. The van der Waals surface area contributed by atoms with E-state index in [9.17, 15) is 9.90 Å². The molecule has 0 radical (unpaired) electrons. The summed E-state index contributed by atoms with van der Waals surface area (Å²) in [6.07, 6.45) is 7.03. The molecule has 5 nitrogen and oxygen atoms in total. The maximum atomic E-state index is 12.6. The van der Waals surface area contributed by atoms with Crippen LogP contribution in [0.3, 0.4) is 0 Å². The number of rotatable bonds is 6. The van der Waals surface area contributed by atoms with Crippen LogP contribution in [0.2, 0.25) is 0 Å². The molecule has 2 saturated heterocycles. The van der Waals surface area contributed by atoms with Crippen molar-refractivity contribution in [2.75, 3.05) is 19.8 Å². The Kier molecular flexibility index (Phi) is 5.17. The zero-order valence-corrected chi connectivity index (χ0v) is 15.0. The number of aliphatic hydroxyl groups excluding tert-OH is 1. The molecule has 0 aromatic heterocycles. The highest BCUT2D eigenvalue weighted by molar-refractivity contribution is 5.91. The van der Waals surface area contributed by atoms with Crippen LogP contribution >= 0.6 is 0 Å². The molecule has 1 spiro atoms. The van der Waals surface area contributed by atoms with Gasteiger partial charge in [-0.25, -0.2) is 0 Å². The predicted molar refractivity (Wildman–Crippen MR) is 89.4 cm³/mol. The molecule has 3 aliphatic rings. The van der Waals surface area contributed by atoms with E-state index in [-0.39, 0.29) is 23.9 Å². The van der Waals surface area contributed by atoms with Gasteiger partial charge in [0.1, 0.15) is 12.2 Å². The normalized spacial score (nSPS) is 36.9. The number of carbonyl (C=O) groups is 1. The molecular weight excluding hydrogens is 308 g/mol. The van der Waals surface area contributed by atoms with Crippen LogP contribution in [-0.2, 0) is 19.0 Å². The van der Waals surface area contributed by atoms with Crippen LogP contribution < -0.4 is 0 Å². The Balaban J connectivity index is 1.84. The molecule has 2 aliphatic heterocycles. The fourth-order valence-electron chi connectivity index (χ4n) is 4.01. The number of ether oxygens (including phenoxy) is 3. The fourth-order valence-corrected chi connectivity index (χ4v) is 4.01. The molecule has 24 heavy (non-hydrogen) atoms. The second kappa shape index (κ2) is 6.87. The molecule has 0 bridgehead atoms. The Morgan fingerprint density at radius 2 is 1.88 bits per heavy atom. The zero-order valence-electron chi connectivity index (χ0n) is 15.0. The summed E-state index contributed by atoms with van der Waals surface area (Å²) < 4.78 is 18.1. The molecule has 0 aromatic rings. The molecule has 1 aliphatic carbocycles. The lowest BCUT2D eigenvalue weighted by Gasteiger charge is -2.50. The van der Waals surface area contributed by atoms with Gasteiger partial charge in [0.2, 0.25) is 5.79 Å². The summed E-state index contributed by atoms with van der Waals surface area (Å²) in [5.74, 6) is -1.75. The van der Waals surface area contributed by atoms with Crippen molar-refractivity contribution in [3.8, 4) is 0 Å². The number of Topliss-reactive ketones (excluding diaryl/α,β-unsaturated/α-hetero) is 1. The van der Waals surface area contributed by atoms with E-state index in [1.807, 2.05) is 12.2 Å². The summed E-state index contributed by atoms with van der Waals surface area (Å²) in [5, 5.41) is 10.0. The van der Waals surface area contributed by atoms with Gasteiger partial charge in [0.05, 0.1) is 25.7 Å². The minimum Gasteiger partial charge on any atom is -0.396 e. The Bertz CT molecular complexity index is 486. The van der Waals surface area contributed by atoms with Crippen molar-refractivity contribution in [2.24, 2.45) is 17.3 Å². The molecule has 5 heteroatoms. The molecule has 0 aromatic carbocycles. The largest absolute Gasteiger partial charge is 0.396 e. The average Bonchev–Trinajstić information content (AvgIpc) is 3.42. The maximum Gasteiger partial charge on any atom is 0.204 e. The Hall–Kier alpha value is -0.750. The lowest BCUT2D eigenvalue weighted by atomic mass is 9.72. The van der Waals surface area contributed by atoms with Gasteiger partial charge in [-0.2, -0.15) is 0 Å². The first kappa shape index (κ1) is 18.1. The third-order valence-electron chi connectivity index (χ3n) is 6.15. The van der Waals surface area contributed by atoms with Crippen molar-refractivity contribution in [3.05, 3.63) is 12.2 Å². The van der Waals surface area contributed by atoms with E-state index in [0.29, 0.717) is 13.2 Å². The van der Waals surface area contributed by atoms with E-state index in [0.717, 1.165) is 25.7 Å². The van der Waals surface area contributed by atoms with Crippen molar-refractivity contribution in [2.45, 2.75) is 64.4 Å². The number of allylic oxidation sites excluding steroid dienone is 2. The summed E-state index contributed by atoms with van der Waals surface area (Å²) in [6.45, 7) is 7.42. The molecule has 1 N–H and O–H groups in total. The Labute approximate surface area is 144 Å². The molecule has 4 atom stereocenters. The number of ketones is 1. The highest BCUT2D eigenvalue weighted by atomic mass is 16.8. The topological polar surface area (TPSA) is 68.3 Å². The van der Waals surface area contributed by atoms with Gasteiger partial charge in [-0.05, 0) is 19.3 Å². The number of hydrogen-bond acceptors (Lipinski definition) is 5. The first-order valence-corrected chi connectivity index (χ1v) is 9.32. The summed E-state index contributed by atoms with van der Waals surface area (Å²) in [7, 11) is 0. The van der Waals surface area contributed by atoms with Gasteiger partial charge in [0, 0.05) is 11.3 Å². The summed E-state index contributed by atoms with van der Waals surface area (Å²) in [5.41, 5.74) is 0.0185. The maximum absolute atomic E-state index is 12.6. The van der Waals surface area contributed by atoms with Gasteiger partial charge in [-0.1, -0.05) is 39.3 Å². The highest BCUT2D eigenvalue weighted by Crippen LogP contribution is 2.53. The van der Waals surface area contributed by atoms with Crippen molar-refractivity contribution >= 4 is 5.78 Å². The van der Waals surface area contributed by atoms with Gasteiger partial charge >= 0.3 is 0 Å². The highest BCUT2D eigenvalue weighted by Gasteiger charge is 2.71. The quantitative estimate of drug-likeness (QED) is 0.595. The van der Waals surface area contributed by atoms with E-state index in [2.05, 4.69) is 20.8 Å². The van der Waals surface area contributed by atoms with Crippen molar-refractivity contribution in [1.82, 2.24) is 0 Å². The predicted octanol–water partition coefficient (Wildman–Crippen LogP) is 2.47. The number of fused-ring (bicyclic) bond motifs is 2. The van der Waals surface area contributed by atoms with E-state index >= 15 is 0 Å². The summed E-state index contributed by atoms with van der Waals surface area (Å²) in [6, 6.07) is 0. The molecule has 3 fully saturated rings. The standard InChI is InChI=1S/C19H30O5/c1-4-7-8-9-13-14(10-20)19(17-16(24-17)15(13)21)22-11-18(5-2,6-3)12-23-19/h8-9,13-14,16-17,20H,4-7,10-12H2,1-3H3/b9-8+. The molecule has 4 unspecified atom stereocenters. The first-order chi connectivity index (χ1) is 11.6. The smallest absolute Gasteiger partial charge is 0.204 e. The molecule has 3 rings (SSSR count). The monoisotopic (exact) mass is 338 g/mol. The van der Waals surface area contributed by atoms with Crippen LogP contribution in [0.25, 0.3) is 0 Å². The second-order valence-electron chi connectivity index (χ2n) is 7.42. The minimum absolute atomic E-state index is 0.0185. The molecule has 136 valence electrons. The van der Waals surface area contributed by atoms with E-state index in [1.54, 1.807) is 0 Å². The molecule has 1 saturated carbocycles. The van der Waals surface area contributed by atoms with Gasteiger partial charge in [-0.3, -0.25) is 4.79 Å². The van der Waals surface area contributed by atoms with Gasteiger partial charge in [0.25, 0.3) is 0 Å². The lowest BCUT2D eigenvalue weighted by molar-refractivity contribution is -0.343. The lowest BCUT2D eigenvalue weighted by Crippen LogP contribution is -2.63. The minimum atomic E-state index is -0.984. The second-order valence-corrected chi connectivity index (χ2v) is 7.42. The van der Waals surface area contributed by atoms with Crippen LogP contribution in [0.4, 0.5) is 0 Å². The number of aliphatic hydroxyl groups is 1. The summed E-state index contributed by atoms with van der Waals surface area (Å²) >= 11 is 0. The molecular formula is C19H30O5. The van der Waals surface area contributed by atoms with Crippen LogP contribution in [-0.4, -0.2) is 48.7 Å². The molecule has 2 heterocycles. The molecule has 0 amide bonds. The SMILES string of the molecule is CCC/C=C/C1C(=O)C2OC2C2(OCC(CC)(CC)CO2)C1CO. The Morgan fingerprint density at radius 1 is 1.21 bits per heavy atom. The fraction of sp³-hybridized carbons (Fsp3) is 0.842. The summed E-state index contributed by atoms with van der Waals surface area (Å²) in [4.78, 5) is 12.6. The van der Waals surface area contributed by atoms with Crippen molar-refractivity contribution in [3.63, 3.8) is 0 Å². The van der Waals surface area contributed by atoms with Crippen molar-refractivity contribution in [1.29, 1.82) is 0 Å². The van der Waals surface area contributed by atoms with E-state index in [1.165, 1.54) is 0 Å². The van der Waals surface area contributed by atoms with Crippen molar-refractivity contribution < 1.29 is 24.1 Å². The van der Waals surface area contributed by atoms with Crippen LogP contribution in [0, 0.1) is 17.3 Å². The van der Waals surface area contributed by atoms with Crippen LogP contribution in [0.1, 0.15) is 46.5 Å². The van der Waals surface area contributed by atoms with E-state index in [4.69, 9.17) is 14.2 Å².